The van der Waals surface area contributed by atoms with Gasteiger partial charge < -0.3 is 4.90 Å². The van der Waals surface area contributed by atoms with E-state index >= 15 is 0 Å². The molecule has 0 amide bonds. The van der Waals surface area contributed by atoms with Crippen molar-refractivity contribution < 1.29 is 0 Å². The monoisotopic (exact) mass is 344 g/mol. The molecular formula is C23H40N2. The first-order valence-electron chi connectivity index (χ1n) is 9.96. The van der Waals surface area contributed by atoms with E-state index in [2.05, 4.69) is 80.5 Å². The summed E-state index contributed by atoms with van der Waals surface area (Å²) in [6, 6.07) is 0. The summed E-state index contributed by atoms with van der Waals surface area (Å²) in [4.78, 5) is 7.52. The zero-order valence-electron chi connectivity index (χ0n) is 18.4. The van der Waals surface area contributed by atoms with E-state index in [4.69, 9.17) is 4.98 Å². The average Bonchev–Trinajstić information content (AvgIpc) is 2.43. The van der Waals surface area contributed by atoms with E-state index in [1.165, 1.54) is 42.8 Å². The Morgan fingerprint density at radius 2 is 1.28 bits per heavy atom. The van der Waals surface area contributed by atoms with Crippen LogP contribution in [0.3, 0.4) is 0 Å². The van der Waals surface area contributed by atoms with Crippen molar-refractivity contribution in [3.05, 3.63) is 28.6 Å². The molecule has 142 valence electrons. The molecule has 1 aliphatic heterocycles. The molecular weight excluding hydrogens is 304 g/mol. The molecule has 25 heavy (non-hydrogen) atoms. The van der Waals surface area contributed by atoms with E-state index in [0.29, 0.717) is 5.92 Å². The maximum atomic E-state index is 5.07. The number of hydrogen-bond acceptors (Lipinski definition) is 2. The van der Waals surface area contributed by atoms with Gasteiger partial charge in [-0.1, -0.05) is 62.3 Å². The van der Waals surface area contributed by atoms with Gasteiger partial charge >= 0.3 is 0 Å². The number of aromatic nitrogens is 1. The first-order valence-corrected chi connectivity index (χ1v) is 9.96. The standard InChI is InChI=1S/C23H40N2/c1-21(2,3)18-17(16-11-13-25(10)14-12-16)15-24-20(23(7,8)9)19(18)22(4,5)6/h15-16H,11-14H2,1-10H3. The largest absolute Gasteiger partial charge is 0.306 e. The summed E-state index contributed by atoms with van der Waals surface area (Å²) in [6.07, 6.45) is 4.73. The van der Waals surface area contributed by atoms with Crippen molar-refractivity contribution in [3.8, 4) is 0 Å². The number of nitrogens with zero attached hydrogens (tertiary/aromatic N) is 2. The van der Waals surface area contributed by atoms with Crippen molar-refractivity contribution in [1.82, 2.24) is 9.88 Å². The quantitative estimate of drug-likeness (QED) is 0.641. The van der Waals surface area contributed by atoms with Gasteiger partial charge in [-0.15, -0.1) is 0 Å². The zero-order chi connectivity index (χ0) is 19.2. The summed E-state index contributed by atoms with van der Waals surface area (Å²) in [7, 11) is 2.24. The van der Waals surface area contributed by atoms with Gasteiger partial charge in [-0.2, -0.15) is 0 Å². The molecule has 2 rings (SSSR count). The van der Waals surface area contributed by atoms with Crippen LogP contribution in [0.15, 0.2) is 6.20 Å². The summed E-state index contributed by atoms with van der Waals surface area (Å²) in [5.74, 6) is 0.646. The number of rotatable bonds is 1. The third kappa shape index (κ3) is 4.45. The third-order valence-electron chi connectivity index (χ3n) is 5.48. The van der Waals surface area contributed by atoms with Gasteiger partial charge in [0.15, 0.2) is 0 Å². The number of likely N-dealkylation sites (tertiary alicyclic amines) is 1. The molecule has 1 aromatic heterocycles. The third-order valence-corrected chi connectivity index (χ3v) is 5.48. The minimum absolute atomic E-state index is 0.0634. The van der Waals surface area contributed by atoms with Crippen LogP contribution in [0, 0.1) is 0 Å². The highest BCUT2D eigenvalue weighted by atomic mass is 15.1. The van der Waals surface area contributed by atoms with Gasteiger partial charge in [0, 0.05) is 17.3 Å². The van der Waals surface area contributed by atoms with Crippen LogP contribution >= 0.6 is 0 Å². The summed E-state index contributed by atoms with van der Waals surface area (Å²) >= 11 is 0. The van der Waals surface area contributed by atoms with Crippen LogP contribution in [-0.4, -0.2) is 30.0 Å². The zero-order valence-corrected chi connectivity index (χ0v) is 18.4. The summed E-state index contributed by atoms with van der Waals surface area (Å²) in [5, 5.41) is 0. The van der Waals surface area contributed by atoms with Crippen molar-refractivity contribution in [1.29, 1.82) is 0 Å². The SMILES string of the molecule is CN1CCC(c2cnc(C(C)(C)C)c(C(C)(C)C)c2C(C)(C)C)CC1. The van der Waals surface area contributed by atoms with Gasteiger partial charge in [-0.25, -0.2) is 0 Å². The second-order valence-electron chi connectivity index (χ2n) is 11.1. The highest BCUT2D eigenvalue weighted by Crippen LogP contribution is 2.44. The Bertz CT molecular complexity index is 601. The maximum Gasteiger partial charge on any atom is 0.0497 e. The molecule has 0 radical (unpaired) electrons. The molecule has 0 spiro atoms. The molecule has 2 nitrogen and oxygen atoms in total. The normalized spacial score (nSPS) is 18.6. The van der Waals surface area contributed by atoms with Gasteiger partial charge in [0.05, 0.1) is 0 Å². The highest BCUT2D eigenvalue weighted by molar-refractivity contribution is 5.48. The van der Waals surface area contributed by atoms with Crippen LogP contribution in [0.4, 0.5) is 0 Å². The summed E-state index contributed by atoms with van der Waals surface area (Å²) in [6.45, 7) is 23.5. The van der Waals surface area contributed by atoms with Gasteiger partial charge in [-0.05, 0) is 66.4 Å². The second-order valence-corrected chi connectivity index (χ2v) is 11.1. The molecule has 1 aliphatic rings. The molecule has 0 bridgehead atoms. The summed E-state index contributed by atoms with van der Waals surface area (Å²) in [5.41, 5.74) is 6.14. The Labute approximate surface area is 156 Å². The summed E-state index contributed by atoms with van der Waals surface area (Å²) < 4.78 is 0. The van der Waals surface area contributed by atoms with Crippen molar-refractivity contribution in [2.75, 3.05) is 20.1 Å². The molecule has 0 N–H and O–H groups in total. The number of piperidine rings is 1. The minimum Gasteiger partial charge on any atom is -0.306 e. The molecule has 0 atom stereocenters. The van der Waals surface area contributed by atoms with Crippen molar-refractivity contribution >= 4 is 0 Å². The van der Waals surface area contributed by atoms with Crippen LogP contribution in [0.1, 0.15) is 103 Å². The van der Waals surface area contributed by atoms with Gasteiger partial charge in [0.25, 0.3) is 0 Å². The van der Waals surface area contributed by atoms with E-state index in [-0.39, 0.29) is 16.2 Å². The fourth-order valence-corrected chi connectivity index (χ4v) is 4.26. The lowest BCUT2D eigenvalue weighted by molar-refractivity contribution is 0.253. The van der Waals surface area contributed by atoms with Gasteiger partial charge in [-0.3, -0.25) is 4.98 Å². The fourth-order valence-electron chi connectivity index (χ4n) is 4.26. The van der Waals surface area contributed by atoms with Crippen molar-refractivity contribution in [3.63, 3.8) is 0 Å². The number of hydrogen-bond donors (Lipinski definition) is 0. The Kier molecular flexibility index (Phi) is 5.46. The first-order chi connectivity index (χ1) is 11.2. The molecule has 0 unspecified atom stereocenters. The first kappa shape index (κ1) is 20.4. The Morgan fingerprint density at radius 1 is 0.800 bits per heavy atom. The molecule has 1 saturated heterocycles. The van der Waals surface area contributed by atoms with E-state index in [9.17, 15) is 0 Å². The molecule has 2 heteroatoms. The van der Waals surface area contributed by atoms with Crippen LogP contribution in [-0.2, 0) is 16.2 Å². The van der Waals surface area contributed by atoms with E-state index in [1.807, 2.05) is 0 Å². The predicted molar refractivity (Wildman–Crippen MR) is 110 cm³/mol. The second kappa shape index (κ2) is 6.68. The highest BCUT2D eigenvalue weighted by Gasteiger charge is 2.36. The minimum atomic E-state index is 0.0634. The average molecular weight is 345 g/mol. The Hall–Kier alpha value is -0.890. The van der Waals surface area contributed by atoms with Crippen LogP contribution in [0.25, 0.3) is 0 Å². The van der Waals surface area contributed by atoms with Crippen LogP contribution in [0.5, 0.6) is 0 Å². The molecule has 2 heterocycles. The molecule has 1 fully saturated rings. The lowest BCUT2D eigenvalue weighted by atomic mass is 9.67. The molecule has 1 aromatic rings. The van der Waals surface area contributed by atoms with Gasteiger partial charge in [0.2, 0.25) is 0 Å². The topological polar surface area (TPSA) is 16.1 Å². The van der Waals surface area contributed by atoms with Crippen molar-refractivity contribution in [2.24, 2.45) is 0 Å². The predicted octanol–water partition coefficient (Wildman–Crippen LogP) is 5.78. The van der Waals surface area contributed by atoms with E-state index in [1.54, 1.807) is 5.56 Å². The van der Waals surface area contributed by atoms with Gasteiger partial charge in [0.1, 0.15) is 0 Å². The molecule has 0 saturated carbocycles. The fraction of sp³-hybridized carbons (Fsp3) is 0.783. The smallest absolute Gasteiger partial charge is 0.0497 e. The number of pyridine rings is 1. The molecule has 0 aliphatic carbocycles. The van der Waals surface area contributed by atoms with Crippen molar-refractivity contribution in [2.45, 2.75) is 97.3 Å². The maximum absolute atomic E-state index is 5.07. The lowest BCUT2D eigenvalue weighted by Gasteiger charge is -2.39. The van der Waals surface area contributed by atoms with E-state index < -0.39 is 0 Å². The van der Waals surface area contributed by atoms with Crippen LogP contribution < -0.4 is 0 Å². The Morgan fingerprint density at radius 3 is 1.68 bits per heavy atom. The molecule has 0 aromatic carbocycles. The lowest BCUT2D eigenvalue weighted by Crippen LogP contribution is -2.34. The van der Waals surface area contributed by atoms with E-state index in [0.717, 1.165) is 0 Å². The Balaban J connectivity index is 2.74. The van der Waals surface area contributed by atoms with Crippen LogP contribution in [0.2, 0.25) is 0 Å².